The highest BCUT2D eigenvalue weighted by Gasteiger charge is 2.38. The standard InChI is InChI=1S/C22H22Cl2N2O4S/c1-13-3-6-18(7-4-13)31-20-8-5-17(26(29)30)9-16(20)12-25-19-10-15(14(2)27)11-22(23,24)21(19)28/h3-11,14,21,25,27-28H,12H2,1-2H3. The Morgan fingerprint density at radius 2 is 1.94 bits per heavy atom. The molecule has 1 aliphatic carbocycles. The molecular formula is C22H22Cl2N2O4S. The third-order valence-corrected chi connectivity index (χ3v) is 6.57. The molecule has 0 saturated heterocycles. The number of alkyl halides is 2. The third kappa shape index (κ3) is 5.81. The molecule has 2 atom stereocenters. The highest BCUT2D eigenvalue weighted by Crippen LogP contribution is 2.37. The van der Waals surface area contributed by atoms with Crippen molar-refractivity contribution in [2.75, 3.05) is 0 Å². The van der Waals surface area contributed by atoms with Crippen molar-refractivity contribution in [3.63, 3.8) is 0 Å². The summed E-state index contributed by atoms with van der Waals surface area (Å²) in [6.45, 7) is 3.76. The zero-order valence-corrected chi connectivity index (χ0v) is 19.2. The van der Waals surface area contributed by atoms with Crippen LogP contribution in [0.4, 0.5) is 5.69 Å². The van der Waals surface area contributed by atoms with Crippen molar-refractivity contribution in [1.29, 1.82) is 0 Å². The van der Waals surface area contributed by atoms with Crippen LogP contribution in [0.2, 0.25) is 0 Å². The molecule has 3 N–H and O–H groups in total. The van der Waals surface area contributed by atoms with Gasteiger partial charge in [-0.2, -0.15) is 0 Å². The molecule has 2 aromatic rings. The van der Waals surface area contributed by atoms with Gasteiger partial charge >= 0.3 is 0 Å². The normalized spacial score (nSPS) is 18.7. The van der Waals surface area contributed by atoms with E-state index < -0.39 is 21.5 Å². The SMILES string of the molecule is Cc1ccc(Sc2ccc([N+](=O)[O-])cc2CNC2=CC(C(C)O)=CC(Cl)(Cl)C2O)cc1. The summed E-state index contributed by atoms with van der Waals surface area (Å²) in [5, 5.41) is 34.8. The number of hydrogen-bond acceptors (Lipinski definition) is 6. The average Bonchev–Trinajstić information content (AvgIpc) is 2.71. The number of aryl methyl sites for hydroxylation is 1. The molecule has 1 aliphatic rings. The molecule has 9 heteroatoms. The van der Waals surface area contributed by atoms with Gasteiger partial charge in [0, 0.05) is 34.2 Å². The quantitative estimate of drug-likeness (QED) is 0.296. The van der Waals surface area contributed by atoms with Crippen molar-refractivity contribution in [1.82, 2.24) is 5.32 Å². The first-order valence-corrected chi connectivity index (χ1v) is 11.1. The minimum atomic E-state index is -1.61. The molecule has 0 spiro atoms. The highest BCUT2D eigenvalue weighted by atomic mass is 35.5. The van der Waals surface area contributed by atoms with Gasteiger partial charge in [0.15, 0.2) is 4.33 Å². The minimum Gasteiger partial charge on any atom is -0.389 e. The van der Waals surface area contributed by atoms with E-state index >= 15 is 0 Å². The van der Waals surface area contributed by atoms with Crippen LogP contribution < -0.4 is 5.32 Å². The minimum absolute atomic E-state index is 0.0307. The molecule has 6 nitrogen and oxygen atoms in total. The van der Waals surface area contributed by atoms with E-state index in [-0.39, 0.29) is 12.2 Å². The number of hydrogen-bond donors (Lipinski definition) is 3. The van der Waals surface area contributed by atoms with Gasteiger partial charge in [0.05, 0.1) is 11.0 Å². The summed E-state index contributed by atoms with van der Waals surface area (Å²) in [4.78, 5) is 12.7. The first-order valence-electron chi connectivity index (χ1n) is 9.51. The highest BCUT2D eigenvalue weighted by molar-refractivity contribution is 7.99. The summed E-state index contributed by atoms with van der Waals surface area (Å²) < 4.78 is -1.61. The van der Waals surface area contributed by atoms with Gasteiger partial charge in [0.1, 0.15) is 6.10 Å². The van der Waals surface area contributed by atoms with Gasteiger partial charge in [-0.1, -0.05) is 52.7 Å². The van der Waals surface area contributed by atoms with Gasteiger partial charge in [-0.15, -0.1) is 0 Å². The van der Waals surface area contributed by atoms with Crippen LogP contribution in [0.3, 0.4) is 0 Å². The lowest BCUT2D eigenvalue weighted by Crippen LogP contribution is -2.39. The van der Waals surface area contributed by atoms with Crippen molar-refractivity contribution in [2.45, 2.75) is 46.7 Å². The van der Waals surface area contributed by atoms with E-state index in [1.165, 1.54) is 30.0 Å². The number of nitro benzene ring substituents is 1. The molecule has 0 radical (unpaired) electrons. The first-order chi connectivity index (χ1) is 14.6. The van der Waals surface area contributed by atoms with Crippen molar-refractivity contribution in [3.8, 4) is 0 Å². The number of aliphatic hydroxyl groups is 2. The van der Waals surface area contributed by atoms with Crippen LogP contribution in [0, 0.1) is 17.0 Å². The second-order valence-electron chi connectivity index (χ2n) is 7.31. The maximum absolute atomic E-state index is 11.3. The van der Waals surface area contributed by atoms with Crippen LogP contribution in [0.15, 0.2) is 75.7 Å². The van der Waals surface area contributed by atoms with Crippen LogP contribution in [0.25, 0.3) is 0 Å². The van der Waals surface area contributed by atoms with Gasteiger partial charge in [0.25, 0.3) is 5.69 Å². The number of non-ortho nitro benzene ring substituents is 1. The van der Waals surface area contributed by atoms with Crippen LogP contribution in [-0.4, -0.2) is 31.7 Å². The summed E-state index contributed by atoms with van der Waals surface area (Å²) in [5.41, 5.74) is 2.57. The number of halogens is 2. The topological polar surface area (TPSA) is 95.6 Å². The second-order valence-corrected chi connectivity index (χ2v) is 9.87. The van der Waals surface area contributed by atoms with Gasteiger partial charge in [-0.05, 0) is 55.3 Å². The van der Waals surface area contributed by atoms with E-state index in [1.807, 2.05) is 31.2 Å². The Morgan fingerprint density at radius 3 is 2.55 bits per heavy atom. The average molecular weight is 481 g/mol. The maximum Gasteiger partial charge on any atom is 0.269 e. The van der Waals surface area contributed by atoms with Gasteiger partial charge in [-0.3, -0.25) is 10.1 Å². The molecule has 164 valence electrons. The number of nitrogens with one attached hydrogen (secondary N) is 1. The number of benzene rings is 2. The predicted octanol–water partition coefficient (Wildman–Crippen LogP) is 4.88. The fourth-order valence-electron chi connectivity index (χ4n) is 3.05. The van der Waals surface area contributed by atoms with Crippen molar-refractivity contribution >= 4 is 40.7 Å². The Labute approximate surface area is 194 Å². The summed E-state index contributed by atoms with van der Waals surface area (Å²) >= 11 is 13.9. The van der Waals surface area contributed by atoms with E-state index in [4.69, 9.17) is 23.2 Å². The van der Waals surface area contributed by atoms with Crippen LogP contribution in [-0.2, 0) is 6.54 Å². The van der Waals surface area contributed by atoms with Gasteiger partial charge in [0.2, 0.25) is 0 Å². The lowest BCUT2D eigenvalue weighted by Gasteiger charge is -2.31. The van der Waals surface area contributed by atoms with Crippen molar-refractivity contribution < 1.29 is 15.1 Å². The lowest BCUT2D eigenvalue weighted by molar-refractivity contribution is -0.385. The first kappa shape index (κ1) is 23.6. The van der Waals surface area contributed by atoms with Crippen molar-refractivity contribution in [3.05, 3.63) is 87.1 Å². The van der Waals surface area contributed by atoms with Crippen LogP contribution in [0.1, 0.15) is 18.1 Å². The Bertz CT molecular complexity index is 1040. The lowest BCUT2D eigenvalue weighted by atomic mass is 9.97. The Hall–Kier alpha value is -2.03. The molecule has 3 rings (SSSR count). The summed E-state index contributed by atoms with van der Waals surface area (Å²) in [6.07, 6.45) is 0.919. The van der Waals surface area contributed by atoms with E-state index in [9.17, 15) is 20.3 Å². The monoisotopic (exact) mass is 480 g/mol. The fourth-order valence-corrected chi connectivity index (χ4v) is 4.46. The Kier molecular flexibility index (Phi) is 7.34. The van der Waals surface area contributed by atoms with E-state index in [0.29, 0.717) is 16.8 Å². The molecule has 2 unspecified atom stereocenters. The molecule has 2 aromatic carbocycles. The second kappa shape index (κ2) is 9.63. The number of nitrogens with zero attached hydrogens (tertiary/aromatic N) is 1. The fraction of sp³-hybridized carbons (Fsp3) is 0.273. The molecule has 0 aliphatic heterocycles. The zero-order chi connectivity index (χ0) is 22.8. The Balaban J connectivity index is 1.88. The molecule has 0 heterocycles. The van der Waals surface area contributed by atoms with Crippen LogP contribution in [0.5, 0.6) is 0 Å². The maximum atomic E-state index is 11.3. The molecular weight excluding hydrogens is 459 g/mol. The molecule has 0 aromatic heterocycles. The number of aliphatic hydroxyl groups excluding tert-OH is 2. The molecule has 0 bridgehead atoms. The van der Waals surface area contributed by atoms with E-state index in [1.54, 1.807) is 19.1 Å². The number of rotatable bonds is 7. The summed E-state index contributed by atoms with van der Waals surface area (Å²) in [7, 11) is 0. The van der Waals surface area contributed by atoms with Gasteiger partial charge in [-0.25, -0.2) is 0 Å². The largest absolute Gasteiger partial charge is 0.389 e. The van der Waals surface area contributed by atoms with E-state index in [2.05, 4.69) is 5.32 Å². The summed E-state index contributed by atoms with van der Waals surface area (Å²) in [5.74, 6) is 0. The van der Waals surface area contributed by atoms with Gasteiger partial charge < -0.3 is 15.5 Å². The molecule has 0 fully saturated rings. The third-order valence-electron chi connectivity index (χ3n) is 4.81. The van der Waals surface area contributed by atoms with E-state index in [0.717, 1.165) is 15.4 Å². The zero-order valence-electron chi connectivity index (χ0n) is 16.9. The Morgan fingerprint density at radius 1 is 1.26 bits per heavy atom. The molecule has 31 heavy (non-hydrogen) atoms. The van der Waals surface area contributed by atoms with Crippen LogP contribution >= 0.6 is 35.0 Å². The number of nitro groups is 1. The molecule has 0 saturated carbocycles. The van der Waals surface area contributed by atoms with Crippen molar-refractivity contribution in [2.24, 2.45) is 0 Å². The predicted molar refractivity (Wildman–Crippen MR) is 124 cm³/mol. The smallest absolute Gasteiger partial charge is 0.269 e. The summed E-state index contributed by atoms with van der Waals surface area (Å²) in [6, 6.07) is 12.6. The molecule has 0 amide bonds.